The van der Waals surface area contributed by atoms with Crippen LogP contribution in [0.1, 0.15) is 10.4 Å². The molecule has 0 spiro atoms. The summed E-state index contributed by atoms with van der Waals surface area (Å²) in [5.74, 6) is -0.382. The van der Waals surface area contributed by atoms with Gasteiger partial charge in [0.25, 0.3) is 0 Å². The highest BCUT2D eigenvalue weighted by atomic mass is 19.4. The molecule has 0 bridgehead atoms. The molecule has 0 aliphatic rings. The molecule has 0 aliphatic heterocycles. The Labute approximate surface area is 98.2 Å². The Bertz CT molecular complexity index is 552. The molecule has 8 heteroatoms. The molecule has 0 fully saturated rings. The second-order valence-electron chi connectivity index (χ2n) is 3.17. The molecule has 0 aliphatic carbocycles. The first-order chi connectivity index (χ1) is 8.49. The molecular formula is C10H5F3N2O3. The fourth-order valence-corrected chi connectivity index (χ4v) is 1.33. The van der Waals surface area contributed by atoms with E-state index >= 15 is 0 Å². The van der Waals surface area contributed by atoms with Crippen LogP contribution in [0.25, 0.3) is 11.4 Å². The summed E-state index contributed by atoms with van der Waals surface area (Å²) in [6.07, 6.45) is -3.38. The smallest absolute Gasteiger partial charge is 0.406 e. The van der Waals surface area contributed by atoms with Gasteiger partial charge in [0.1, 0.15) is 5.75 Å². The number of carbonyl (C=O) groups excluding carboxylic acids is 1. The molecule has 0 saturated carbocycles. The van der Waals surface area contributed by atoms with E-state index < -0.39 is 12.1 Å². The topological polar surface area (TPSA) is 65.2 Å². The lowest BCUT2D eigenvalue weighted by molar-refractivity contribution is -0.274. The van der Waals surface area contributed by atoms with Crippen LogP contribution in [0.15, 0.2) is 29.1 Å². The Morgan fingerprint density at radius 3 is 2.67 bits per heavy atom. The van der Waals surface area contributed by atoms with Crippen molar-refractivity contribution in [1.29, 1.82) is 0 Å². The minimum absolute atomic E-state index is 0.0295. The van der Waals surface area contributed by atoms with Gasteiger partial charge < -0.3 is 9.26 Å². The predicted octanol–water partition coefficient (Wildman–Crippen LogP) is 2.45. The third-order valence-corrected chi connectivity index (χ3v) is 1.99. The normalized spacial score (nSPS) is 11.3. The Morgan fingerprint density at radius 2 is 2.11 bits per heavy atom. The minimum Gasteiger partial charge on any atom is -0.406 e. The molecule has 2 rings (SSSR count). The summed E-state index contributed by atoms with van der Waals surface area (Å²) < 4.78 is 44.2. The molecule has 18 heavy (non-hydrogen) atoms. The van der Waals surface area contributed by atoms with E-state index in [2.05, 4.69) is 19.4 Å². The van der Waals surface area contributed by atoms with Gasteiger partial charge in [0.2, 0.25) is 12.2 Å². The summed E-state index contributed by atoms with van der Waals surface area (Å²) in [7, 11) is 0. The quantitative estimate of drug-likeness (QED) is 0.791. The van der Waals surface area contributed by atoms with Crippen LogP contribution < -0.4 is 4.74 Å². The van der Waals surface area contributed by atoms with Crippen LogP contribution in [-0.2, 0) is 0 Å². The first-order valence-electron chi connectivity index (χ1n) is 4.61. The van der Waals surface area contributed by atoms with Crippen molar-refractivity contribution >= 4 is 6.29 Å². The van der Waals surface area contributed by atoms with Crippen LogP contribution >= 0.6 is 0 Å². The van der Waals surface area contributed by atoms with E-state index in [9.17, 15) is 18.0 Å². The van der Waals surface area contributed by atoms with Crippen molar-refractivity contribution in [3.05, 3.63) is 30.2 Å². The maximum Gasteiger partial charge on any atom is 0.573 e. The van der Waals surface area contributed by atoms with E-state index in [0.29, 0.717) is 6.29 Å². The highest BCUT2D eigenvalue weighted by molar-refractivity contribution is 5.86. The van der Waals surface area contributed by atoms with Crippen molar-refractivity contribution in [2.75, 3.05) is 0 Å². The summed E-state index contributed by atoms with van der Waals surface area (Å²) in [4.78, 5) is 14.5. The van der Waals surface area contributed by atoms with Crippen LogP contribution in [-0.4, -0.2) is 22.8 Å². The van der Waals surface area contributed by atoms with Crippen molar-refractivity contribution in [2.45, 2.75) is 6.36 Å². The predicted molar refractivity (Wildman–Crippen MR) is 51.8 cm³/mol. The minimum atomic E-state index is -4.81. The summed E-state index contributed by atoms with van der Waals surface area (Å²) >= 11 is 0. The van der Waals surface area contributed by atoms with Gasteiger partial charge in [0.05, 0.1) is 0 Å². The molecule has 1 aromatic heterocycles. The van der Waals surface area contributed by atoms with Crippen LogP contribution in [0.4, 0.5) is 13.2 Å². The van der Waals surface area contributed by atoms with Gasteiger partial charge in [-0.3, -0.25) is 4.79 Å². The number of benzene rings is 1. The van der Waals surface area contributed by atoms with Crippen LogP contribution in [0.5, 0.6) is 5.75 Å². The molecule has 0 atom stereocenters. The molecule has 0 unspecified atom stereocenters. The molecule has 0 saturated heterocycles. The summed E-state index contributed by atoms with van der Waals surface area (Å²) in [5.41, 5.74) is 0.228. The van der Waals surface area contributed by atoms with E-state index in [1.54, 1.807) is 0 Å². The van der Waals surface area contributed by atoms with Crippen molar-refractivity contribution in [2.24, 2.45) is 0 Å². The third kappa shape index (κ3) is 2.65. The lowest BCUT2D eigenvalue weighted by Gasteiger charge is -2.09. The number of aromatic nitrogens is 2. The Balaban J connectivity index is 2.38. The fraction of sp³-hybridized carbons (Fsp3) is 0.100. The number of aldehydes is 1. The van der Waals surface area contributed by atoms with Crippen LogP contribution in [0, 0.1) is 0 Å². The van der Waals surface area contributed by atoms with Crippen LogP contribution in [0.3, 0.4) is 0 Å². The summed E-state index contributed by atoms with van der Waals surface area (Å²) in [5, 5.41) is 3.49. The first kappa shape index (κ1) is 12.1. The molecule has 94 valence electrons. The van der Waals surface area contributed by atoms with Gasteiger partial charge in [-0.25, -0.2) is 0 Å². The van der Waals surface area contributed by atoms with Crippen molar-refractivity contribution in [3.63, 3.8) is 0 Å². The standard InChI is InChI=1S/C10H5F3N2O3/c11-10(12,13)18-7-1-2-8(6(3-7)4-16)9-14-5-17-15-9/h1-5H. The van der Waals surface area contributed by atoms with E-state index in [-0.39, 0.29) is 17.0 Å². The molecule has 2 aromatic rings. The maximum atomic E-state index is 12.0. The molecule has 5 nitrogen and oxygen atoms in total. The second kappa shape index (κ2) is 4.47. The van der Waals surface area contributed by atoms with Gasteiger partial charge in [-0.2, -0.15) is 4.98 Å². The zero-order valence-corrected chi connectivity index (χ0v) is 8.64. The SMILES string of the molecule is O=Cc1cc(OC(F)(F)F)ccc1-c1ncon1. The van der Waals surface area contributed by atoms with Crippen LogP contribution in [0.2, 0.25) is 0 Å². The molecule has 1 heterocycles. The number of hydrogen-bond acceptors (Lipinski definition) is 5. The number of alkyl halides is 3. The monoisotopic (exact) mass is 258 g/mol. The van der Waals surface area contributed by atoms with E-state index in [1.807, 2.05) is 0 Å². The molecule has 0 radical (unpaired) electrons. The van der Waals surface area contributed by atoms with Gasteiger partial charge in [-0.1, -0.05) is 5.16 Å². The number of rotatable bonds is 3. The largest absolute Gasteiger partial charge is 0.573 e. The molecule has 0 N–H and O–H groups in total. The van der Waals surface area contributed by atoms with Gasteiger partial charge in [-0.05, 0) is 18.2 Å². The van der Waals surface area contributed by atoms with Gasteiger partial charge in [0.15, 0.2) is 6.29 Å². The second-order valence-corrected chi connectivity index (χ2v) is 3.17. The van der Waals surface area contributed by atoms with Gasteiger partial charge >= 0.3 is 6.36 Å². The Hall–Kier alpha value is -2.38. The zero-order chi connectivity index (χ0) is 13.2. The highest BCUT2D eigenvalue weighted by Gasteiger charge is 2.31. The molecule has 1 aromatic carbocycles. The third-order valence-electron chi connectivity index (χ3n) is 1.99. The van der Waals surface area contributed by atoms with Crippen molar-refractivity contribution in [3.8, 4) is 17.1 Å². The lowest BCUT2D eigenvalue weighted by Crippen LogP contribution is -2.17. The number of ether oxygens (including phenoxy) is 1. The highest BCUT2D eigenvalue weighted by Crippen LogP contribution is 2.27. The lowest BCUT2D eigenvalue weighted by atomic mass is 10.1. The summed E-state index contributed by atoms with van der Waals surface area (Å²) in [6, 6.07) is 3.26. The van der Waals surface area contributed by atoms with Gasteiger partial charge in [0, 0.05) is 11.1 Å². The van der Waals surface area contributed by atoms with Gasteiger partial charge in [-0.15, -0.1) is 13.2 Å². The average Bonchev–Trinajstić information content (AvgIpc) is 2.80. The Morgan fingerprint density at radius 1 is 1.33 bits per heavy atom. The number of nitrogens with zero attached hydrogens (tertiary/aromatic N) is 2. The number of carbonyl (C=O) groups is 1. The molecule has 0 amide bonds. The average molecular weight is 258 g/mol. The number of hydrogen-bond donors (Lipinski definition) is 0. The van der Waals surface area contributed by atoms with Crippen molar-refractivity contribution in [1.82, 2.24) is 10.1 Å². The number of halogens is 3. The van der Waals surface area contributed by atoms with E-state index in [0.717, 1.165) is 18.5 Å². The zero-order valence-electron chi connectivity index (χ0n) is 8.64. The van der Waals surface area contributed by atoms with E-state index in [1.165, 1.54) is 6.07 Å². The van der Waals surface area contributed by atoms with E-state index in [4.69, 9.17) is 0 Å². The fourth-order valence-electron chi connectivity index (χ4n) is 1.33. The maximum absolute atomic E-state index is 12.0. The first-order valence-corrected chi connectivity index (χ1v) is 4.61. The Kier molecular flexibility index (Phi) is 3.00. The van der Waals surface area contributed by atoms with Crippen molar-refractivity contribution < 1.29 is 27.2 Å². The molecular weight excluding hydrogens is 253 g/mol. The summed E-state index contributed by atoms with van der Waals surface area (Å²) in [6.45, 7) is 0.